The average molecular weight is 654 g/mol. The third-order valence-electron chi connectivity index (χ3n) is 10.7. The van der Waals surface area contributed by atoms with Crippen LogP contribution >= 0.6 is 0 Å². The molecule has 1 atom stereocenters. The first-order valence-corrected chi connectivity index (χ1v) is 17.6. The number of pyridine rings is 1. The molecule has 1 aliphatic carbocycles. The van der Waals surface area contributed by atoms with Gasteiger partial charge in [0.25, 0.3) is 0 Å². The highest BCUT2D eigenvalue weighted by molar-refractivity contribution is 6.14. The number of hydrogen-bond donors (Lipinski definition) is 0. The van der Waals surface area contributed by atoms with Gasteiger partial charge in [0.05, 0.1) is 34.3 Å². The van der Waals surface area contributed by atoms with E-state index >= 15 is 0 Å². The molecule has 0 fully saturated rings. The van der Waals surface area contributed by atoms with Crippen LogP contribution in [0.25, 0.3) is 72.7 Å². The number of para-hydroxylation sites is 3. The molecule has 0 saturated heterocycles. The topological polar surface area (TPSA) is 34.2 Å². The van der Waals surface area contributed by atoms with E-state index in [1.807, 2.05) is 6.07 Å². The van der Waals surface area contributed by atoms with Gasteiger partial charge in [0, 0.05) is 49.8 Å². The molecule has 0 radical (unpaired) electrons. The zero-order chi connectivity index (χ0) is 33.5. The Bertz CT molecular complexity index is 2830. The Balaban J connectivity index is 1.12. The van der Waals surface area contributed by atoms with Crippen molar-refractivity contribution in [1.29, 1.82) is 0 Å². The second-order valence-electron chi connectivity index (χ2n) is 13.5. The maximum absolute atomic E-state index is 6.74. The number of hydrogen-bond acceptors (Lipinski definition) is 3. The minimum absolute atomic E-state index is 0.0463. The predicted molar refractivity (Wildman–Crippen MR) is 209 cm³/mol. The van der Waals surface area contributed by atoms with Crippen molar-refractivity contribution in [3.05, 3.63) is 181 Å². The molecular formula is C47H31N3O. The highest BCUT2D eigenvalue weighted by atomic mass is 16.3. The number of aromatic nitrogens is 2. The van der Waals surface area contributed by atoms with Gasteiger partial charge in [-0.1, -0.05) is 109 Å². The van der Waals surface area contributed by atoms with Gasteiger partial charge < -0.3 is 13.9 Å². The molecule has 1 unspecified atom stereocenters. The molecule has 1 aliphatic heterocycles. The Morgan fingerprint density at radius 2 is 1.24 bits per heavy atom. The summed E-state index contributed by atoms with van der Waals surface area (Å²) in [7, 11) is 0. The van der Waals surface area contributed by atoms with Crippen LogP contribution in [0.5, 0.6) is 0 Å². The van der Waals surface area contributed by atoms with E-state index in [1.165, 1.54) is 33.3 Å². The Morgan fingerprint density at radius 1 is 0.549 bits per heavy atom. The van der Waals surface area contributed by atoms with Crippen LogP contribution in [0.1, 0.15) is 29.3 Å². The molecule has 2 bridgehead atoms. The minimum Gasteiger partial charge on any atom is -0.454 e. The molecule has 0 N–H and O–H groups in total. The molecular weight excluding hydrogens is 623 g/mol. The van der Waals surface area contributed by atoms with Gasteiger partial charge in [-0.2, -0.15) is 0 Å². The van der Waals surface area contributed by atoms with Gasteiger partial charge in [-0.05, 0) is 72.7 Å². The molecule has 6 aromatic carbocycles. The molecule has 4 heteroatoms. The van der Waals surface area contributed by atoms with Gasteiger partial charge >= 0.3 is 0 Å². The van der Waals surface area contributed by atoms with Crippen molar-refractivity contribution in [2.75, 3.05) is 4.90 Å². The monoisotopic (exact) mass is 653 g/mol. The molecule has 2 aliphatic rings. The summed E-state index contributed by atoms with van der Waals surface area (Å²) < 4.78 is 9.23. The second kappa shape index (κ2) is 10.9. The van der Waals surface area contributed by atoms with E-state index in [9.17, 15) is 0 Å². The van der Waals surface area contributed by atoms with E-state index in [4.69, 9.17) is 9.40 Å². The van der Waals surface area contributed by atoms with Crippen molar-refractivity contribution in [1.82, 2.24) is 9.55 Å². The number of nitrogens with zero attached hydrogens (tertiary/aromatic N) is 3. The van der Waals surface area contributed by atoms with Gasteiger partial charge in [0.2, 0.25) is 0 Å². The number of fused-ring (bicyclic) bond motifs is 12. The predicted octanol–water partition coefficient (Wildman–Crippen LogP) is 12.4. The zero-order valence-corrected chi connectivity index (χ0v) is 27.7. The van der Waals surface area contributed by atoms with Crippen molar-refractivity contribution in [2.45, 2.75) is 12.5 Å². The van der Waals surface area contributed by atoms with Gasteiger partial charge in [0.15, 0.2) is 5.58 Å². The maximum Gasteiger partial charge on any atom is 0.159 e. The Hall–Kier alpha value is -6.65. The van der Waals surface area contributed by atoms with Gasteiger partial charge in [-0.15, -0.1) is 0 Å². The summed E-state index contributed by atoms with van der Waals surface area (Å²) >= 11 is 0. The lowest BCUT2D eigenvalue weighted by Gasteiger charge is -2.42. The van der Waals surface area contributed by atoms with Crippen LogP contribution in [-0.4, -0.2) is 9.55 Å². The first-order valence-electron chi connectivity index (χ1n) is 17.6. The fourth-order valence-electron chi connectivity index (χ4n) is 8.46. The number of furan rings is 1. The molecule has 4 nitrogen and oxygen atoms in total. The van der Waals surface area contributed by atoms with Crippen LogP contribution in [0.15, 0.2) is 168 Å². The van der Waals surface area contributed by atoms with Crippen molar-refractivity contribution < 1.29 is 4.42 Å². The fraction of sp³-hybridized carbons (Fsp3) is 0.0426. The van der Waals surface area contributed by atoms with Gasteiger partial charge in [-0.25, -0.2) is 4.98 Å². The Kier molecular flexibility index (Phi) is 6.05. The van der Waals surface area contributed by atoms with E-state index in [0.717, 1.165) is 67.9 Å². The molecule has 0 spiro atoms. The standard InChI is InChI=1S/C47H31N3O/c1-3-12-30(13-4-1)40-18-11-19-41(48-40)31-22-24-34(25-23-31)49-42-20-9-7-16-36(42)39-28-32-29-43(45(39)49)50(33-14-5-2-6-15-33)46-35(32)26-27-38-37-17-8-10-21-44(37)51-47(38)46/h1-28,43H,29H2. The van der Waals surface area contributed by atoms with Crippen molar-refractivity contribution in [2.24, 2.45) is 0 Å². The average Bonchev–Trinajstić information content (AvgIpc) is 3.75. The summed E-state index contributed by atoms with van der Waals surface area (Å²) in [5, 5.41) is 3.55. The number of benzene rings is 6. The fourth-order valence-corrected chi connectivity index (χ4v) is 8.46. The van der Waals surface area contributed by atoms with Crippen LogP contribution in [0.3, 0.4) is 0 Å². The first kappa shape index (κ1) is 28.2. The quantitative estimate of drug-likeness (QED) is 0.190. The SMILES string of the molecule is C1=C2CC(c3c1c1ccccc1n3-c1ccc(-c3cccc(-c4ccccc4)n3)cc1)N(c1ccccc1)c1c2ccc2c1oc1ccccc12. The summed E-state index contributed by atoms with van der Waals surface area (Å²) in [6, 6.07) is 58.2. The van der Waals surface area contributed by atoms with E-state index in [2.05, 4.69) is 173 Å². The molecule has 4 heterocycles. The van der Waals surface area contributed by atoms with E-state index < -0.39 is 0 Å². The second-order valence-corrected chi connectivity index (χ2v) is 13.5. The normalized spacial score (nSPS) is 14.9. The lowest BCUT2D eigenvalue weighted by atomic mass is 9.81. The number of anilines is 2. The smallest absolute Gasteiger partial charge is 0.159 e. The lowest BCUT2D eigenvalue weighted by Crippen LogP contribution is -2.32. The van der Waals surface area contributed by atoms with Crippen LogP contribution in [0.2, 0.25) is 0 Å². The van der Waals surface area contributed by atoms with Gasteiger partial charge in [0.1, 0.15) is 5.58 Å². The van der Waals surface area contributed by atoms with Crippen LogP contribution in [-0.2, 0) is 0 Å². The van der Waals surface area contributed by atoms with E-state index in [-0.39, 0.29) is 6.04 Å². The Labute approximate surface area is 295 Å². The third kappa shape index (κ3) is 4.23. The zero-order valence-electron chi connectivity index (χ0n) is 27.7. The maximum atomic E-state index is 6.74. The summed E-state index contributed by atoms with van der Waals surface area (Å²) in [6.45, 7) is 0. The molecule has 3 aromatic heterocycles. The third-order valence-corrected chi connectivity index (χ3v) is 10.7. The summed E-state index contributed by atoms with van der Waals surface area (Å²) in [6.07, 6.45) is 3.33. The summed E-state index contributed by atoms with van der Waals surface area (Å²) in [5.41, 5.74) is 15.8. The molecule has 51 heavy (non-hydrogen) atoms. The van der Waals surface area contributed by atoms with Gasteiger partial charge in [-0.3, -0.25) is 0 Å². The lowest BCUT2D eigenvalue weighted by molar-refractivity contribution is 0.639. The van der Waals surface area contributed by atoms with Crippen molar-refractivity contribution in [3.8, 4) is 28.2 Å². The summed E-state index contributed by atoms with van der Waals surface area (Å²) in [4.78, 5) is 7.58. The first-order chi connectivity index (χ1) is 25.3. The van der Waals surface area contributed by atoms with Crippen molar-refractivity contribution >= 4 is 55.9 Å². The van der Waals surface area contributed by atoms with Crippen LogP contribution < -0.4 is 4.90 Å². The largest absolute Gasteiger partial charge is 0.454 e. The molecule has 11 rings (SSSR count). The molecule has 0 saturated carbocycles. The molecule has 0 amide bonds. The van der Waals surface area contributed by atoms with E-state index in [1.54, 1.807) is 0 Å². The Morgan fingerprint density at radius 3 is 2.04 bits per heavy atom. The minimum atomic E-state index is 0.0463. The molecule has 9 aromatic rings. The summed E-state index contributed by atoms with van der Waals surface area (Å²) in [5.74, 6) is 0. The van der Waals surface area contributed by atoms with Crippen LogP contribution in [0, 0.1) is 0 Å². The molecule has 240 valence electrons. The van der Waals surface area contributed by atoms with E-state index in [0.29, 0.717) is 0 Å². The highest BCUT2D eigenvalue weighted by Gasteiger charge is 2.40. The highest BCUT2D eigenvalue weighted by Crippen LogP contribution is 2.56. The van der Waals surface area contributed by atoms with Crippen LogP contribution in [0.4, 0.5) is 11.4 Å². The van der Waals surface area contributed by atoms with Crippen molar-refractivity contribution in [3.63, 3.8) is 0 Å². The number of rotatable bonds is 4.